The number of nitro benzene ring substituents is 1. The van der Waals surface area contributed by atoms with Gasteiger partial charge < -0.3 is 10.1 Å². The van der Waals surface area contributed by atoms with Crippen molar-refractivity contribution in [1.82, 2.24) is 15.1 Å². The summed E-state index contributed by atoms with van der Waals surface area (Å²) in [6.07, 6.45) is 0.695. The minimum atomic E-state index is -0.467. The normalized spacial score (nSPS) is 10.6. The monoisotopic (exact) mass is 442 g/mol. The van der Waals surface area contributed by atoms with Crippen LogP contribution in [0.5, 0.6) is 5.75 Å². The number of rotatable bonds is 8. The van der Waals surface area contributed by atoms with Crippen molar-refractivity contribution in [1.29, 1.82) is 0 Å². The standard InChI is InChI=1S/C25H22N4O4/c1-33-22-9-5-8-19(16-22)23-17-24(25(30)26-15-14-18-6-3-2-4-7-18)28(27-23)20-10-12-21(13-11-20)29(31)32/h2-13,16-17H,14-15H2,1H3,(H,26,30). The molecule has 166 valence electrons. The number of ether oxygens (including phenoxy) is 1. The van der Waals surface area contributed by atoms with Crippen molar-refractivity contribution in [2.75, 3.05) is 13.7 Å². The van der Waals surface area contributed by atoms with Gasteiger partial charge in [0.2, 0.25) is 0 Å². The van der Waals surface area contributed by atoms with Crippen molar-refractivity contribution in [3.63, 3.8) is 0 Å². The molecule has 8 heteroatoms. The molecular formula is C25H22N4O4. The molecule has 1 amide bonds. The molecule has 0 aliphatic carbocycles. The van der Waals surface area contributed by atoms with Gasteiger partial charge >= 0.3 is 0 Å². The summed E-state index contributed by atoms with van der Waals surface area (Å²) in [5.41, 5.74) is 3.33. The summed E-state index contributed by atoms with van der Waals surface area (Å²) in [5.74, 6) is 0.386. The zero-order valence-electron chi connectivity index (χ0n) is 18.0. The number of hydrogen-bond donors (Lipinski definition) is 1. The molecule has 0 saturated carbocycles. The predicted molar refractivity (Wildman–Crippen MR) is 125 cm³/mol. The van der Waals surface area contributed by atoms with Gasteiger partial charge in [-0.3, -0.25) is 14.9 Å². The summed E-state index contributed by atoms with van der Waals surface area (Å²) in [6.45, 7) is 0.461. The second-order valence-electron chi connectivity index (χ2n) is 7.32. The van der Waals surface area contributed by atoms with Gasteiger partial charge in [0.05, 0.1) is 23.4 Å². The Kier molecular flexibility index (Phi) is 6.45. The maximum absolute atomic E-state index is 13.1. The highest BCUT2D eigenvalue weighted by Gasteiger charge is 2.18. The number of amides is 1. The second-order valence-corrected chi connectivity index (χ2v) is 7.32. The van der Waals surface area contributed by atoms with Crippen LogP contribution >= 0.6 is 0 Å². The lowest BCUT2D eigenvalue weighted by atomic mass is 10.1. The molecule has 0 atom stereocenters. The Hall–Kier alpha value is -4.46. The Morgan fingerprint density at radius 2 is 1.79 bits per heavy atom. The number of nitrogens with one attached hydrogen (secondary N) is 1. The average molecular weight is 442 g/mol. The Morgan fingerprint density at radius 3 is 2.48 bits per heavy atom. The highest BCUT2D eigenvalue weighted by molar-refractivity contribution is 5.94. The molecular weight excluding hydrogens is 420 g/mol. The van der Waals surface area contributed by atoms with Gasteiger partial charge in [-0.25, -0.2) is 4.68 Å². The van der Waals surface area contributed by atoms with Crippen LogP contribution in [0, 0.1) is 10.1 Å². The first-order chi connectivity index (χ1) is 16.0. The van der Waals surface area contributed by atoms with E-state index in [9.17, 15) is 14.9 Å². The molecule has 1 heterocycles. The maximum atomic E-state index is 13.1. The van der Waals surface area contributed by atoms with Crippen LogP contribution in [0.4, 0.5) is 5.69 Å². The number of methoxy groups -OCH3 is 1. The molecule has 33 heavy (non-hydrogen) atoms. The van der Waals surface area contributed by atoms with E-state index in [1.165, 1.54) is 16.8 Å². The highest BCUT2D eigenvalue weighted by atomic mass is 16.6. The van der Waals surface area contributed by atoms with Crippen molar-refractivity contribution < 1.29 is 14.5 Å². The lowest BCUT2D eigenvalue weighted by Gasteiger charge is -2.08. The van der Waals surface area contributed by atoms with Gasteiger partial charge in [-0.1, -0.05) is 42.5 Å². The minimum absolute atomic E-state index is 0.0345. The summed E-state index contributed by atoms with van der Waals surface area (Å²) in [7, 11) is 1.58. The first-order valence-corrected chi connectivity index (χ1v) is 10.4. The van der Waals surface area contributed by atoms with E-state index in [0.717, 1.165) is 11.1 Å². The molecule has 4 rings (SSSR count). The van der Waals surface area contributed by atoms with Gasteiger partial charge in [-0.2, -0.15) is 5.10 Å². The van der Waals surface area contributed by atoms with Gasteiger partial charge in [0.1, 0.15) is 11.4 Å². The molecule has 0 unspecified atom stereocenters. The summed E-state index contributed by atoms with van der Waals surface area (Å²) >= 11 is 0. The Morgan fingerprint density at radius 1 is 1.03 bits per heavy atom. The van der Waals surface area contributed by atoms with Crippen LogP contribution < -0.4 is 10.1 Å². The van der Waals surface area contributed by atoms with Crippen LogP contribution in [-0.4, -0.2) is 34.3 Å². The Bertz CT molecular complexity index is 1270. The topological polar surface area (TPSA) is 99.3 Å². The third-order valence-electron chi connectivity index (χ3n) is 5.15. The van der Waals surface area contributed by atoms with Gasteiger partial charge in [-0.15, -0.1) is 0 Å². The van der Waals surface area contributed by atoms with E-state index < -0.39 is 4.92 Å². The molecule has 1 N–H and O–H groups in total. The second kappa shape index (κ2) is 9.78. The molecule has 0 saturated heterocycles. The van der Waals surface area contributed by atoms with E-state index >= 15 is 0 Å². The van der Waals surface area contributed by atoms with Gasteiger partial charge in [0.25, 0.3) is 11.6 Å². The molecule has 4 aromatic rings. The first-order valence-electron chi connectivity index (χ1n) is 10.4. The van der Waals surface area contributed by atoms with Crippen LogP contribution in [0.3, 0.4) is 0 Å². The number of benzene rings is 3. The van der Waals surface area contributed by atoms with Crippen LogP contribution in [0.25, 0.3) is 16.9 Å². The number of hydrogen-bond acceptors (Lipinski definition) is 5. The SMILES string of the molecule is COc1cccc(-c2cc(C(=O)NCCc3ccccc3)n(-c3ccc([N+](=O)[O-])cc3)n2)c1. The van der Waals surface area contributed by atoms with E-state index in [2.05, 4.69) is 10.4 Å². The third-order valence-corrected chi connectivity index (χ3v) is 5.15. The zero-order valence-corrected chi connectivity index (χ0v) is 18.0. The first kappa shape index (κ1) is 21.8. The van der Waals surface area contributed by atoms with E-state index in [4.69, 9.17) is 4.74 Å². The highest BCUT2D eigenvalue weighted by Crippen LogP contribution is 2.26. The van der Waals surface area contributed by atoms with Crippen molar-refractivity contribution in [3.8, 4) is 22.7 Å². The molecule has 1 aromatic heterocycles. The van der Waals surface area contributed by atoms with E-state index in [-0.39, 0.29) is 11.6 Å². The van der Waals surface area contributed by atoms with Crippen LogP contribution in [0.2, 0.25) is 0 Å². The van der Waals surface area contributed by atoms with E-state index in [0.29, 0.717) is 35.8 Å². The third kappa shape index (κ3) is 5.07. The van der Waals surface area contributed by atoms with Crippen LogP contribution in [-0.2, 0) is 6.42 Å². The van der Waals surface area contributed by atoms with Crippen molar-refractivity contribution in [3.05, 3.63) is 106 Å². The van der Waals surface area contributed by atoms with Crippen molar-refractivity contribution >= 4 is 11.6 Å². The minimum Gasteiger partial charge on any atom is -0.497 e. The summed E-state index contributed by atoms with van der Waals surface area (Å²) < 4.78 is 6.79. The lowest BCUT2D eigenvalue weighted by Crippen LogP contribution is -2.27. The molecule has 0 aliphatic heterocycles. The molecule has 0 radical (unpaired) electrons. The number of carbonyl (C=O) groups excluding carboxylic acids is 1. The lowest BCUT2D eigenvalue weighted by molar-refractivity contribution is -0.384. The van der Waals surface area contributed by atoms with E-state index in [1.807, 2.05) is 54.6 Å². The fourth-order valence-corrected chi connectivity index (χ4v) is 3.43. The molecule has 0 fully saturated rings. The zero-order chi connectivity index (χ0) is 23.2. The molecule has 0 bridgehead atoms. The number of nitro groups is 1. The van der Waals surface area contributed by atoms with Crippen LogP contribution in [0.1, 0.15) is 16.1 Å². The number of nitrogens with zero attached hydrogens (tertiary/aromatic N) is 3. The largest absolute Gasteiger partial charge is 0.497 e. The van der Waals surface area contributed by atoms with E-state index in [1.54, 1.807) is 25.3 Å². The number of aromatic nitrogens is 2. The molecule has 0 aliphatic rings. The van der Waals surface area contributed by atoms with Gasteiger partial charge in [-0.05, 0) is 42.3 Å². The van der Waals surface area contributed by atoms with Crippen LogP contribution in [0.15, 0.2) is 84.9 Å². The quantitative estimate of drug-likeness (QED) is 0.321. The van der Waals surface area contributed by atoms with Crippen molar-refractivity contribution in [2.45, 2.75) is 6.42 Å². The summed E-state index contributed by atoms with van der Waals surface area (Å²) in [6, 6.07) is 24.9. The maximum Gasteiger partial charge on any atom is 0.270 e. The van der Waals surface area contributed by atoms with Crippen molar-refractivity contribution in [2.24, 2.45) is 0 Å². The summed E-state index contributed by atoms with van der Waals surface area (Å²) in [4.78, 5) is 23.6. The Labute approximate surface area is 190 Å². The number of carbonyl (C=O) groups is 1. The molecule has 8 nitrogen and oxygen atoms in total. The smallest absolute Gasteiger partial charge is 0.270 e. The molecule has 3 aromatic carbocycles. The molecule has 0 spiro atoms. The number of non-ortho nitro benzene ring substituents is 1. The predicted octanol–water partition coefficient (Wildman–Crippen LogP) is 4.43. The van der Waals surface area contributed by atoms with Gasteiger partial charge in [0, 0.05) is 24.2 Å². The van der Waals surface area contributed by atoms with Gasteiger partial charge in [0.15, 0.2) is 0 Å². The fourth-order valence-electron chi connectivity index (χ4n) is 3.43. The average Bonchev–Trinajstić information content (AvgIpc) is 3.30. The summed E-state index contributed by atoms with van der Waals surface area (Å²) in [5, 5.41) is 18.6. The fraction of sp³-hybridized carbons (Fsp3) is 0.120. The Balaban J connectivity index is 1.65.